The molecule has 2 rings (SSSR count). The SMILES string of the molecule is CC1(C)CCC(NC(CN)c2ccc(C(F)F)cc2)C1. The van der Waals surface area contributed by atoms with Crippen LogP contribution in [0.25, 0.3) is 0 Å². The van der Waals surface area contributed by atoms with E-state index in [2.05, 4.69) is 19.2 Å². The molecular weight excluding hydrogens is 258 g/mol. The van der Waals surface area contributed by atoms with Gasteiger partial charge in [0.15, 0.2) is 0 Å². The summed E-state index contributed by atoms with van der Waals surface area (Å²) in [6.07, 6.45) is 1.09. The Morgan fingerprint density at radius 1 is 1.25 bits per heavy atom. The summed E-state index contributed by atoms with van der Waals surface area (Å²) in [6, 6.07) is 7.00. The molecule has 0 bridgehead atoms. The van der Waals surface area contributed by atoms with Gasteiger partial charge in [-0.1, -0.05) is 38.1 Å². The lowest BCUT2D eigenvalue weighted by Crippen LogP contribution is -2.35. The molecule has 112 valence electrons. The quantitative estimate of drug-likeness (QED) is 0.862. The smallest absolute Gasteiger partial charge is 0.263 e. The minimum atomic E-state index is -2.41. The first-order valence-electron chi connectivity index (χ1n) is 7.25. The Morgan fingerprint density at radius 2 is 1.85 bits per heavy atom. The minimum Gasteiger partial charge on any atom is -0.329 e. The third-order valence-electron chi connectivity index (χ3n) is 4.23. The third kappa shape index (κ3) is 3.76. The van der Waals surface area contributed by atoms with E-state index in [0.717, 1.165) is 18.4 Å². The molecule has 1 fully saturated rings. The maximum atomic E-state index is 12.6. The zero-order valence-corrected chi connectivity index (χ0v) is 12.2. The molecule has 0 aromatic heterocycles. The van der Waals surface area contributed by atoms with Crippen LogP contribution < -0.4 is 11.1 Å². The van der Waals surface area contributed by atoms with Gasteiger partial charge >= 0.3 is 0 Å². The van der Waals surface area contributed by atoms with E-state index in [-0.39, 0.29) is 11.6 Å². The van der Waals surface area contributed by atoms with Gasteiger partial charge in [0.1, 0.15) is 0 Å². The molecule has 1 aliphatic rings. The number of alkyl halides is 2. The fourth-order valence-corrected chi connectivity index (χ4v) is 3.04. The fourth-order valence-electron chi connectivity index (χ4n) is 3.04. The zero-order chi connectivity index (χ0) is 14.8. The zero-order valence-electron chi connectivity index (χ0n) is 12.2. The van der Waals surface area contributed by atoms with E-state index in [9.17, 15) is 8.78 Å². The monoisotopic (exact) mass is 282 g/mol. The number of hydrogen-bond donors (Lipinski definition) is 2. The van der Waals surface area contributed by atoms with Crippen LogP contribution in [-0.2, 0) is 0 Å². The number of nitrogens with two attached hydrogens (primary N) is 1. The second kappa shape index (κ2) is 6.19. The molecule has 0 saturated heterocycles. The van der Waals surface area contributed by atoms with Gasteiger partial charge in [0.2, 0.25) is 0 Å². The van der Waals surface area contributed by atoms with Gasteiger partial charge in [0, 0.05) is 24.2 Å². The summed E-state index contributed by atoms with van der Waals surface area (Å²) < 4.78 is 25.1. The topological polar surface area (TPSA) is 38.0 Å². The second-order valence-corrected chi connectivity index (χ2v) is 6.53. The van der Waals surface area contributed by atoms with Gasteiger partial charge < -0.3 is 11.1 Å². The standard InChI is InChI=1S/C16H24F2N2/c1-16(2)8-7-13(9-16)20-14(10-19)11-3-5-12(6-4-11)15(17)18/h3-6,13-15,20H,7-10,19H2,1-2H3. The number of benzene rings is 1. The van der Waals surface area contributed by atoms with Crippen LogP contribution in [-0.4, -0.2) is 12.6 Å². The predicted octanol–water partition coefficient (Wildman–Crippen LogP) is 3.79. The molecule has 0 radical (unpaired) electrons. The molecule has 0 aliphatic heterocycles. The Hall–Kier alpha value is -1.00. The van der Waals surface area contributed by atoms with Crippen LogP contribution in [0.2, 0.25) is 0 Å². The van der Waals surface area contributed by atoms with Crippen LogP contribution in [0.3, 0.4) is 0 Å². The van der Waals surface area contributed by atoms with Crippen LogP contribution >= 0.6 is 0 Å². The predicted molar refractivity (Wildman–Crippen MR) is 77.8 cm³/mol. The average Bonchev–Trinajstić information content (AvgIpc) is 2.75. The van der Waals surface area contributed by atoms with Gasteiger partial charge in [-0.25, -0.2) is 8.78 Å². The summed E-state index contributed by atoms with van der Waals surface area (Å²) in [6.45, 7) is 5.04. The van der Waals surface area contributed by atoms with E-state index in [1.54, 1.807) is 12.1 Å². The lowest BCUT2D eigenvalue weighted by Gasteiger charge is -2.24. The molecule has 1 aromatic carbocycles. The number of nitrogens with one attached hydrogen (secondary N) is 1. The van der Waals surface area contributed by atoms with E-state index in [0.29, 0.717) is 18.0 Å². The molecule has 0 amide bonds. The van der Waals surface area contributed by atoms with Crippen molar-refractivity contribution in [3.05, 3.63) is 35.4 Å². The van der Waals surface area contributed by atoms with Gasteiger partial charge in [-0.15, -0.1) is 0 Å². The van der Waals surface area contributed by atoms with Crippen LogP contribution in [0.4, 0.5) is 8.78 Å². The second-order valence-electron chi connectivity index (χ2n) is 6.53. The van der Waals surface area contributed by atoms with Crippen LogP contribution in [0, 0.1) is 5.41 Å². The van der Waals surface area contributed by atoms with Crippen molar-refractivity contribution in [2.24, 2.45) is 11.1 Å². The highest BCUT2D eigenvalue weighted by Gasteiger charge is 2.31. The summed E-state index contributed by atoms with van der Waals surface area (Å²) in [7, 11) is 0. The maximum Gasteiger partial charge on any atom is 0.263 e. The van der Waals surface area contributed by atoms with Crippen molar-refractivity contribution in [2.75, 3.05) is 6.54 Å². The Labute approximate surface area is 119 Å². The maximum absolute atomic E-state index is 12.6. The van der Waals surface area contributed by atoms with Crippen molar-refractivity contribution in [3.63, 3.8) is 0 Å². The Morgan fingerprint density at radius 3 is 2.30 bits per heavy atom. The molecule has 0 spiro atoms. The molecule has 1 aliphatic carbocycles. The van der Waals surface area contributed by atoms with E-state index in [4.69, 9.17) is 5.73 Å². The first-order valence-corrected chi connectivity index (χ1v) is 7.25. The van der Waals surface area contributed by atoms with Crippen LogP contribution in [0.1, 0.15) is 56.7 Å². The Kier molecular flexibility index (Phi) is 4.76. The molecule has 2 unspecified atom stereocenters. The van der Waals surface area contributed by atoms with Crippen LogP contribution in [0.5, 0.6) is 0 Å². The minimum absolute atomic E-state index is 0.0422. The molecule has 20 heavy (non-hydrogen) atoms. The third-order valence-corrected chi connectivity index (χ3v) is 4.23. The summed E-state index contributed by atoms with van der Waals surface area (Å²) in [5, 5.41) is 3.57. The van der Waals surface area contributed by atoms with E-state index < -0.39 is 6.43 Å². The van der Waals surface area contributed by atoms with E-state index >= 15 is 0 Å². The van der Waals surface area contributed by atoms with E-state index in [1.807, 2.05) is 0 Å². The molecule has 1 saturated carbocycles. The normalized spacial score (nSPS) is 23.2. The number of halogens is 2. The van der Waals surface area contributed by atoms with Crippen molar-refractivity contribution in [1.29, 1.82) is 0 Å². The molecule has 2 atom stereocenters. The summed E-state index contributed by atoms with van der Waals surface area (Å²) in [4.78, 5) is 0. The first kappa shape index (κ1) is 15.4. The van der Waals surface area contributed by atoms with Crippen molar-refractivity contribution in [3.8, 4) is 0 Å². The number of hydrogen-bond acceptors (Lipinski definition) is 2. The molecule has 2 nitrogen and oxygen atoms in total. The summed E-state index contributed by atoms with van der Waals surface area (Å²) in [5.74, 6) is 0. The summed E-state index contributed by atoms with van der Waals surface area (Å²) in [5.41, 5.74) is 7.27. The van der Waals surface area contributed by atoms with Gasteiger partial charge in [-0.3, -0.25) is 0 Å². The lowest BCUT2D eigenvalue weighted by molar-refractivity contribution is 0.151. The van der Waals surface area contributed by atoms with Gasteiger partial charge in [0.25, 0.3) is 6.43 Å². The van der Waals surface area contributed by atoms with Gasteiger partial charge in [0.05, 0.1) is 0 Å². The van der Waals surface area contributed by atoms with Crippen molar-refractivity contribution >= 4 is 0 Å². The molecule has 0 heterocycles. The molecule has 4 heteroatoms. The highest BCUT2D eigenvalue weighted by molar-refractivity contribution is 5.26. The summed E-state index contributed by atoms with van der Waals surface area (Å²) >= 11 is 0. The Balaban J connectivity index is 2.01. The van der Waals surface area contributed by atoms with Crippen molar-refractivity contribution in [2.45, 2.75) is 51.6 Å². The average molecular weight is 282 g/mol. The fraction of sp³-hybridized carbons (Fsp3) is 0.625. The largest absolute Gasteiger partial charge is 0.329 e. The highest BCUT2D eigenvalue weighted by atomic mass is 19.3. The van der Waals surface area contributed by atoms with Gasteiger partial charge in [-0.2, -0.15) is 0 Å². The Bertz CT molecular complexity index is 429. The van der Waals surface area contributed by atoms with Crippen LogP contribution in [0.15, 0.2) is 24.3 Å². The van der Waals surface area contributed by atoms with Gasteiger partial charge in [-0.05, 0) is 30.2 Å². The van der Waals surface area contributed by atoms with Crippen molar-refractivity contribution < 1.29 is 8.78 Å². The lowest BCUT2D eigenvalue weighted by atomic mass is 9.91. The highest BCUT2D eigenvalue weighted by Crippen LogP contribution is 2.37. The van der Waals surface area contributed by atoms with E-state index in [1.165, 1.54) is 18.6 Å². The molecule has 3 N–H and O–H groups in total. The molecular formula is C16H24F2N2. The van der Waals surface area contributed by atoms with Crippen molar-refractivity contribution in [1.82, 2.24) is 5.32 Å². The molecule has 1 aromatic rings. The first-order chi connectivity index (χ1) is 9.41. The number of rotatable bonds is 5.